The molecule has 4 rings (SSSR count). The highest BCUT2D eigenvalue weighted by Gasteiger charge is 2.46. The molecule has 0 aliphatic carbocycles. The molecule has 26 heavy (non-hydrogen) atoms. The van der Waals surface area contributed by atoms with E-state index in [2.05, 4.69) is 35.0 Å². The Labute approximate surface area is 155 Å². The first-order valence-electron chi connectivity index (χ1n) is 9.67. The monoisotopic (exact) mass is 349 g/mol. The number of likely N-dealkylation sites (tertiary alicyclic amines) is 1. The topological polar surface area (TPSA) is 36.4 Å². The lowest BCUT2D eigenvalue weighted by atomic mass is 9.72. The average Bonchev–Trinajstić information content (AvgIpc) is 2.67. The van der Waals surface area contributed by atoms with Crippen LogP contribution in [0.4, 0.5) is 5.69 Å². The predicted octanol–water partition coefficient (Wildman–Crippen LogP) is 3.80. The van der Waals surface area contributed by atoms with E-state index >= 15 is 0 Å². The number of benzene rings is 1. The summed E-state index contributed by atoms with van der Waals surface area (Å²) in [4.78, 5) is 22.1. The lowest BCUT2D eigenvalue weighted by Gasteiger charge is -2.47. The quantitative estimate of drug-likeness (QED) is 0.846. The molecule has 1 unspecified atom stereocenters. The number of hydrogen-bond acceptors (Lipinski definition) is 3. The number of carbonyl (C=O) groups is 1. The Morgan fingerprint density at radius 3 is 2.62 bits per heavy atom. The molecule has 4 nitrogen and oxygen atoms in total. The zero-order valence-corrected chi connectivity index (χ0v) is 15.5. The van der Waals surface area contributed by atoms with Crippen molar-refractivity contribution in [2.75, 3.05) is 24.5 Å². The molecule has 1 aromatic heterocycles. The maximum Gasteiger partial charge on any atom is 0.234 e. The van der Waals surface area contributed by atoms with Crippen LogP contribution in [0, 0.1) is 12.3 Å². The fraction of sp³-hybridized carbons (Fsp3) is 0.455. The van der Waals surface area contributed by atoms with Crippen molar-refractivity contribution in [2.45, 2.75) is 39.2 Å². The first-order valence-corrected chi connectivity index (χ1v) is 9.67. The highest BCUT2D eigenvalue weighted by atomic mass is 16.2. The number of amides is 1. The van der Waals surface area contributed by atoms with Crippen molar-refractivity contribution < 1.29 is 4.79 Å². The molecule has 0 saturated carbocycles. The van der Waals surface area contributed by atoms with Crippen molar-refractivity contribution in [3.05, 3.63) is 59.9 Å². The maximum absolute atomic E-state index is 13.5. The second kappa shape index (κ2) is 7.20. The van der Waals surface area contributed by atoms with Gasteiger partial charge in [-0.3, -0.25) is 14.7 Å². The van der Waals surface area contributed by atoms with Gasteiger partial charge in [0.05, 0.1) is 5.41 Å². The Morgan fingerprint density at radius 1 is 1.08 bits per heavy atom. The highest BCUT2D eigenvalue weighted by Crippen LogP contribution is 2.41. The molecule has 0 bridgehead atoms. The number of nitrogens with zero attached hydrogens (tertiary/aromatic N) is 3. The summed E-state index contributed by atoms with van der Waals surface area (Å²) < 4.78 is 0. The van der Waals surface area contributed by atoms with E-state index in [4.69, 9.17) is 0 Å². The molecule has 3 heterocycles. The molecule has 1 atom stereocenters. The zero-order valence-electron chi connectivity index (χ0n) is 15.5. The van der Waals surface area contributed by atoms with Gasteiger partial charge < -0.3 is 4.90 Å². The number of carbonyl (C=O) groups excluding carboxylic acids is 1. The van der Waals surface area contributed by atoms with Crippen LogP contribution in [-0.2, 0) is 11.3 Å². The number of piperidine rings is 2. The molecule has 2 aliphatic rings. The van der Waals surface area contributed by atoms with E-state index in [0.29, 0.717) is 5.91 Å². The van der Waals surface area contributed by atoms with Gasteiger partial charge in [-0.1, -0.05) is 18.2 Å². The van der Waals surface area contributed by atoms with Gasteiger partial charge in [-0.2, -0.15) is 0 Å². The van der Waals surface area contributed by atoms with Gasteiger partial charge in [-0.05, 0) is 68.5 Å². The Hall–Kier alpha value is -2.20. The third-order valence-electron chi connectivity index (χ3n) is 5.99. The lowest BCUT2D eigenvalue weighted by molar-refractivity contribution is -0.134. The first-order chi connectivity index (χ1) is 12.7. The van der Waals surface area contributed by atoms with Gasteiger partial charge in [0.1, 0.15) is 0 Å². The van der Waals surface area contributed by atoms with Crippen LogP contribution < -0.4 is 4.90 Å². The number of pyridine rings is 1. The Bertz CT molecular complexity index is 772. The van der Waals surface area contributed by atoms with Crippen LogP contribution in [0.1, 0.15) is 36.8 Å². The second-order valence-electron chi connectivity index (χ2n) is 7.79. The minimum absolute atomic E-state index is 0.215. The van der Waals surface area contributed by atoms with Gasteiger partial charge >= 0.3 is 0 Å². The van der Waals surface area contributed by atoms with E-state index in [1.165, 1.54) is 11.1 Å². The molecular formula is C22H27N3O. The molecule has 2 aromatic rings. The second-order valence-corrected chi connectivity index (χ2v) is 7.79. The van der Waals surface area contributed by atoms with Crippen molar-refractivity contribution >= 4 is 11.6 Å². The van der Waals surface area contributed by atoms with E-state index in [-0.39, 0.29) is 5.41 Å². The fourth-order valence-corrected chi connectivity index (χ4v) is 4.59. The number of rotatable bonds is 3. The van der Waals surface area contributed by atoms with Crippen LogP contribution in [0.15, 0.2) is 48.8 Å². The molecule has 1 aromatic carbocycles. The molecule has 2 aliphatic heterocycles. The Kier molecular flexibility index (Phi) is 4.77. The van der Waals surface area contributed by atoms with Crippen molar-refractivity contribution in [1.29, 1.82) is 0 Å². The summed E-state index contributed by atoms with van der Waals surface area (Å²) in [6.45, 7) is 5.81. The minimum atomic E-state index is -0.215. The van der Waals surface area contributed by atoms with Crippen LogP contribution in [0.3, 0.4) is 0 Å². The molecule has 0 N–H and O–H groups in total. The van der Waals surface area contributed by atoms with Crippen molar-refractivity contribution in [2.24, 2.45) is 5.41 Å². The number of hydrogen-bond donors (Lipinski definition) is 0. The number of aryl methyl sites for hydroxylation is 1. The smallest absolute Gasteiger partial charge is 0.234 e. The van der Waals surface area contributed by atoms with Crippen molar-refractivity contribution in [1.82, 2.24) is 9.88 Å². The van der Waals surface area contributed by atoms with Crippen LogP contribution in [0.5, 0.6) is 0 Å². The Morgan fingerprint density at radius 2 is 1.85 bits per heavy atom. The SMILES string of the molecule is Cc1cnccc1CN1CCCC2(CCCN(c3ccccc3)C2=O)C1. The molecule has 1 spiro atoms. The molecule has 0 radical (unpaired) electrons. The molecule has 4 heteroatoms. The van der Waals surface area contributed by atoms with Crippen molar-refractivity contribution in [3.63, 3.8) is 0 Å². The van der Waals surface area contributed by atoms with Crippen LogP contribution >= 0.6 is 0 Å². The summed E-state index contributed by atoms with van der Waals surface area (Å²) in [5.74, 6) is 0.325. The molecule has 2 saturated heterocycles. The summed E-state index contributed by atoms with van der Waals surface area (Å²) in [6.07, 6.45) is 8.01. The van der Waals surface area contributed by atoms with Crippen LogP contribution in [0.2, 0.25) is 0 Å². The van der Waals surface area contributed by atoms with Gasteiger partial charge in [-0.15, -0.1) is 0 Å². The van der Waals surface area contributed by atoms with Crippen LogP contribution in [0.25, 0.3) is 0 Å². The standard InChI is InChI=1S/C22H27N3O/c1-18-15-23-12-9-19(18)16-24-13-5-10-22(17-24)11-6-14-25(21(22)26)20-7-3-2-4-8-20/h2-4,7-9,12,15H,5-6,10-11,13-14,16-17H2,1H3. The van der Waals surface area contributed by atoms with Gasteiger partial charge in [0, 0.05) is 37.7 Å². The molecular weight excluding hydrogens is 322 g/mol. The summed E-state index contributed by atoms with van der Waals surface area (Å²) >= 11 is 0. The zero-order chi connectivity index (χ0) is 18.0. The number of aromatic nitrogens is 1. The molecule has 136 valence electrons. The number of para-hydroxylation sites is 1. The first kappa shape index (κ1) is 17.2. The normalized spacial score (nSPS) is 24.2. The minimum Gasteiger partial charge on any atom is -0.312 e. The molecule has 1 amide bonds. The largest absolute Gasteiger partial charge is 0.312 e. The van der Waals surface area contributed by atoms with E-state index in [9.17, 15) is 4.79 Å². The van der Waals surface area contributed by atoms with Gasteiger partial charge in [0.15, 0.2) is 0 Å². The third kappa shape index (κ3) is 3.26. The third-order valence-corrected chi connectivity index (χ3v) is 5.99. The molecule has 2 fully saturated rings. The average molecular weight is 349 g/mol. The van der Waals surface area contributed by atoms with E-state index in [0.717, 1.165) is 57.5 Å². The lowest BCUT2D eigenvalue weighted by Crippen LogP contribution is -2.56. The summed E-state index contributed by atoms with van der Waals surface area (Å²) in [6, 6.07) is 12.3. The summed E-state index contributed by atoms with van der Waals surface area (Å²) in [7, 11) is 0. The van der Waals surface area contributed by atoms with Gasteiger partial charge in [-0.25, -0.2) is 0 Å². The van der Waals surface area contributed by atoms with Gasteiger partial charge in [0.2, 0.25) is 5.91 Å². The maximum atomic E-state index is 13.5. The summed E-state index contributed by atoms with van der Waals surface area (Å²) in [5, 5.41) is 0. The predicted molar refractivity (Wildman–Crippen MR) is 104 cm³/mol. The van der Waals surface area contributed by atoms with Crippen LogP contribution in [-0.4, -0.2) is 35.4 Å². The van der Waals surface area contributed by atoms with Crippen molar-refractivity contribution in [3.8, 4) is 0 Å². The summed E-state index contributed by atoms with van der Waals surface area (Å²) in [5.41, 5.74) is 3.37. The Balaban J connectivity index is 1.53. The van der Waals surface area contributed by atoms with E-state index < -0.39 is 0 Å². The number of anilines is 1. The van der Waals surface area contributed by atoms with E-state index in [1.807, 2.05) is 35.5 Å². The fourth-order valence-electron chi connectivity index (χ4n) is 4.59. The highest BCUT2D eigenvalue weighted by molar-refractivity contribution is 5.98. The van der Waals surface area contributed by atoms with E-state index in [1.54, 1.807) is 0 Å². The van der Waals surface area contributed by atoms with Gasteiger partial charge in [0.25, 0.3) is 0 Å².